The standard InChI is InChI=1S/C20H22N2O5/c1-3-25-16-7-5-4-6-15(16)20(24)21-11-19(23)22(2)12-14-8-9-17-18(10-14)27-13-26-17/h4-10H,3,11-13H2,1-2H3,(H,21,24). The Balaban J connectivity index is 1.55. The number of rotatable bonds is 7. The molecule has 0 fully saturated rings. The van der Waals surface area contributed by atoms with Crippen molar-refractivity contribution in [3.05, 3.63) is 53.6 Å². The van der Waals surface area contributed by atoms with Gasteiger partial charge in [-0.15, -0.1) is 0 Å². The van der Waals surface area contributed by atoms with Crippen molar-refractivity contribution in [3.63, 3.8) is 0 Å². The van der Waals surface area contributed by atoms with Crippen molar-refractivity contribution < 1.29 is 23.8 Å². The summed E-state index contributed by atoms with van der Waals surface area (Å²) in [5.74, 6) is 1.33. The van der Waals surface area contributed by atoms with Crippen molar-refractivity contribution in [2.24, 2.45) is 0 Å². The molecule has 3 rings (SSSR count). The molecule has 1 heterocycles. The van der Waals surface area contributed by atoms with Crippen molar-refractivity contribution >= 4 is 11.8 Å². The van der Waals surface area contributed by atoms with E-state index in [0.717, 1.165) is 5.56 Å². The Labute approximate surface area is 157 Å². The fourth-order valence-electron chi connectivity index (χ4n) is 2.72. The molecule has 0 atom stereocenters. The summed E-state index contributed by atoms with van der Waals surface area (Å²) < 4.78 is 16.1. The topological polar surface area (TPSA) is 77.1 Å². The summed E-state index contributed by atoms with van der Waals surface area (Å²) in [4.78, 5) is 26.3. The van der Waals surface area contributed by atoms with Crippen LogP contribution in [0.15, 0.2) is 42.5 Å². The second kappa shape index (κ2) is 8.44. The van der Waals surface area contributed by atoms with Crippen LogP contribution in [0.1, 0.15) is 22.8 Å². The number of hydrogen-bond acceptors (Lipinski definition) is 5. The summed E-state index contributed by atoms with van der Waals surface area (Å²) in [6.07, 6.45) is 0. The van der Waals surface area contributed by atoms with E-state index in [1.54, 1.807) is 36.2 Å². The number of nitrogens with zero attached hydrogens (tertiary/aromatic N) is 1. The smallest absolute Gasteiger partial charge is 0.255 e. The summed E-state index contributed by atoms with van der Waals surface area (Å²) in [7, 11) is 1.69. The number of ether oxygens (including phenoxy) is 3. The average Bonchev–Trinajstić information content (AvgIpc) is 3.14. The zero-order valence-electron chi connectivity index (χ0n) is 15.4. The highest BCUT2D eigenvalue weighted by Crippen LogP contribution is 2.32. The zero-order chi connectivity index (χ0) is 19.2. The Hall–Kier alpha value is -3.22. The first-order valence-corrected chi connectivity index (χ1v) is 8.71. The van der Waals surface area contributed by atoms with Gasteiger partial charge in [-0.3, -0.25) is 9.59 Å². The van der Waals surface area contributed by atoms with E-state index in [2.05, 4.69) is 5.32 Å². The van der Waals surface area contributed by atoms with Gasteiger partial charge in [-0.05, 0) is 36.8 Å². The van der Waals surface area contributed by atoms with Crippen LogP contribution in [-0.4, -0.2) is 43.7 Å². The van der Waals surface area contributed by atoms with Gasteiger partial charge in [0.05, 0.1) is 18.7 Å². The van der Waals surface area contributed by atoms with Crippen LogP contribution in [0.5, 0.6) is 17.2 Å². The molecule has 0 aliphatic carbocycles. The van der Waals surface area contributed by atoms with Gasteiger partial charge in [0.1, 0.15) is 5.75 Å². The highest BCUT2D eigenvalue weighted by Gasteiger charge is 2.17. The molecule has 0 spiro atoms. The van der Waals surface area contributed by atoms with Gasteiger partial charge in [-0.1, -0.05) is 18.2 Å². The monoisotopic (exact) mass is 370 g/mol. The van der Waals surface area contributed by atoms with E-state index >= 15 is 0 Å². The molecular formula is C20H22N2O5. The van der Waals surface area contributed by atoms with E-state index in [-0.39, 0.29) is 25.2 Å². The minimum Gasteiger partial charge on any atom is -0.493 e. The third-order valence-corrected chi connectivity index (χ3v) is 4.11. The number of fused-ring (bicyclic) bond motifs is 1. The first-order chi connectivity index (χ1) is 13.1. The van der Waals surface area contributed by atoms with E-state index < -0.39 is 0 Å². The van der Waals surface area contributed by atoms with E-state index in [9.17, 15) is 9.59 Å². The number of benzene rings is 2. The second-order valence-corrected chi connectivity index (χ2v) is 6.05. The Bertz CT molecular complexity index is 837. The Morgan fingerprint density at radius 2 is 1.93 bits per heavy atom. The molecule has 1 aliphatic heterocycles. The SMILES string of the molecule is CCOc1ccccc1C(=O)NCC(=O)N(C)Cc1ccc2c(c1)OCO2. The van der Waals surface area contributed by atoms with E-state index in [1.807, 2.05) is 25.1 Å². The minimum absolute atomic E-state index is 0.0969. The van der Waals surface area contributed by atoms with Crippen LogP contribution < -0.4 is 19.5 Å². The molecule has 0 unspecified atom stereocenters. The molecule has 142 valence electrons. The van der Waals surface area contributed by atoms with Gasteiger partial charge in [0.2, 0.25) is 12.7 Å². The first kappa shape index (κ1) is 18.6. The quantitative estimate of drug-likeness (QED) is 0.809. The fourth-order valence-corrected chi connectivity index (χ4v) is 2.72. The molecule has 1 N–H and O–H groups in total. The lowest BCUT2D eigenvalue weighted by Gasteiger charge is -2.18. The lowest BCUT2D eigenvalue weighted by atomic mass is 10.2. The number of likely N-dealkylation sites (N-methyl/N-ethyl adjacent to an activating group) is 1. The minimum atomic E-state index is -0.344. The van der Waals surface area contributed by atoms with Gasteiger partial charge in [-0.2, -0.15) is 0 Å². The van der Waals surface area contributed by atoms with E-state index in [1.165, 1.54) is 0 Å². The van der Waals surface area contributed by atoms with Crippen LogP contribution >= 0.6 is 0 Å². The van der Waals surface area contributed by atoms with Crippen LogP contribution in [0.3, 0.4) is 0 Å². The number of hydrogen-bond donors (Lipinski definition) is 1. The van der Waals surface area contributed by atoms with Gasteiger partial charge in [0.25, 0.3) is 5.91 Å². The molecule has 7 heteroatoms. The van der Waals surface area contributed by atoms with Crippen LogP contribution in [0.2, 0.25) is 0 Å². The lowest BCUT2D eigenvalue weighted by Crippen LogP contribution is -2.37. The summed E-state index contributed by atoms with van der Waals surface area (Å²) in [5, 5.41) is 2.65. The maximum absolute atomic E-state index is 12.4. The Kier molecular flexibility index (Phi) is 5.80. The molecule has 27 heavy (non-hydrogen) atoms. The summed E-state index contributed by atoms with van der Waals surface area (Å²) in [6, 6.07) is 12.5. The highest BCUT2D eigenvalue weighted by atomic mass is 16.7. The van der Waals surface area contributed by atoms with E-state index in [0.29, 0.717) is 36.0 Å². The molecule has 1 aliphatic rings. The van der Waals surface area contributed by atoms with Gasteiger partial charge in [0, 0.05) is 13.6 Å². The van der Waals surface area contributed by atoms with Gasteiger partial charge in [-0.25, -0.2) is 0 Å². The number of amides is 2. The van der Waals surface area contributed by atoms with Crippen molar-refractivity contribution in [1.82, 2.24) is 10.2 Å². The molecule has 0 saturated heterocycles. The fraction of sp³-hybridized carbons (Fsp3) is 0.300. The molecular weight excluding hydrogens is 348 g/mol. The average molecular weight is 370 g/mol. The molecule has 2 aromatic rings. The predicted molar refractivity (Wildman–Crippen MR) is 99.0 cm³/mol. The largest absolute Gasteiger partial charge is 0.493 e. The summed E-state index contributed by atoms with van der Waals surface area (Å²) in [6.45, 7) is 2.83. The molecule has 0 saturated carbocycles. The molecule has 7 nitrogen and oxygen atoms in total. The second-order valence-electron chi connectivity index (χ2n) is 6.05. The van der Waals surface area contributed by atoms with E-state index in [4.69, 9.17) is 14.2 Å². The first-order valence-electron chi connectivity index (χ1n) is 8.71. The van der Waals surface area contributed by atoms with Crippen molar-refractivity contribution in [1.29, 1.82) is 0 Å². The molecule has 0 aromatic heterocycles. The number of para-hydroxylation sites is 1. The van der Waals surface area contributed by atoms with Gasteiger partial charge >= 0.3 is 0 Å². The van der Waals surface area contributed by atoms with Crippen molar-refractivity contribution in [3.8, 4) is 17.2 Å². The van der Waals surface area contributed by atoms with Crippen LogP contribution in [0.25, 0.3) is 0 Å². The van der Waals surface area contributed by atoms with Crippen molar-refractivity contribution in [2.45, 2.75) is 13.5 Å². The zero-order valence-corrected chi connectivity index (χ0v) is 15.4. The van der Waals surface area contributed by atoms with Crippen LogP contribution in [0, 0.1) is 0 Å². The van der Waals surface area contributed by atoms with Gasteiger partial charge < -0.3 is 24.4 Å². The predicted octanol–water partition coefficient (Wildman–Crippen LogP) is 2.20. The summed E-state index contributed by atoms with van der Waals surface area (Å²) in [5.41, 5.74) is 1.33. The Morgan fingerprint density at radius 1 is 1.15 bits per heavy atom. The molecule has 2 amide bonds. The third kappa shape index (κ3) is 4.49. The van der Waals surface area contributed by atoms with Crippen LogP contribution in [0.4, 0.5) is 0 Å². The summed E-state index contributed by atoms with van der Waals surface area (Å²) >= 11 is 0. The third-order valence-electron chi connectivity index (χ3n) is 4.11. The molecule has 0 bridgehead atoms. The number of carbonyl (C=O) groups is 2. The van der Waals surface area contributed by atoms with Crippen molar-refractivity contribution in [2.75, 3.05) is 27.0 Å². The Morgan fingerprint density at radius 3 is 2.74 bits per heavy atom. The van der Waals surface area contributed by atoms with Crippen LogP contribution in [-0.2, 0) is 11.3 Å². The number of carbonyl (C=O) groups excluding carboxylic acids is 2. The normalized spacial score (nSPS) is 11.8. The molecule has 0 radical (unpaired) electrons. The maximum atomic E-state index is 12.4. The maximum Gasteiger partial charge on any atom is 0.255 e. The number of nitrogens with one attached hydrogen (secondary N) is 1. The van der Waals surface area contributed by atoms with Gasteiger partial charge in [0.15, 0.2) is 11.5 Å². The lowest BCUT2D eigenvalue weighted by molar-refractivity contribution is -0.129. The highest BCUT2D eigenvalue weighted by molar-refractivity contribution is 5.98. The molecule has 2 aromatic carbocycles.